The van der Waals surface area contributed by atoms with Gasteiger partial charge in [0.25, 0.3) is 0 Å². The molecule has 2 aromatic heterocycles. The quantitative estimate of drug-likeness (QED) is 0.606. The van der Waals surface area contributed by atoms with Gasteiger partial charge < -0.3 is 16.5 Å². The number of aromatic amines is 1. The Bertz CT molecular complexity index is 712. The van der Waals surface area contributed by atoms with Gasteiger partial charge in [0, 0.05) is 11.8 Å². The summed E-state index contributed by atoms with van der Waals surface area (Å²) >= 11 is 0. The summed E-state index contributed by atoms with van der Waals surface area (Å²) in [6.07, 6.45) is 1.87. The molecule has 0 bridgehead atoms. The first-order valence-corrected chi connectivity index (χ1v) is 5.62. The predicted octanol–water partition coefficient (Wildman–Crippen LogP) is 2.10. The molecular formula is C13H13N5. The lowest BCUT2D eigenvalue weighted by atomic mass is 10.0. The molecule has 3 aromatic rings. The second kappa shape index (κ2) is 3.73. The third-order valence-corrected chi connectivity index (χ3v) is 2.94. The number of nitrogen functional groups attached to an aromatic ring is 2. The Hall–Kier alpha value is -2.56. The highest BCUT2D eigenvalue weighted by Crippen LogP contribution is 2.31. The third kappa shape index (κ3) is 1.57. The molecule has 0 atom stereocenters. The van der Waals surface area contributed by atoms with E-state index in [2.05, 4.69) is 34.0 Å². The molecule has 0 fully saturated rings. The molecule has 0 aliphatic rings. The van der Waals surface area contributed by atoms with Gasteiger partial charge in [0.2, 0.25) is 5.95 Å². The van der Waals surface area contributed by atoms with E-state index in [-0.39, 0.29) is 5.95 Å². The number of benzene rings is 1. The van der Waals surface area contributed by atoms with Gasteiger partial charge in [-0.25, -0.2) is 0 Å². The summed E-state index contributed by atoms with van der Waals surface area (Å²) in [5.74, 6) is 0.576. The van der Waals surface area contributed by atoms with Crippen molar-refractivity contribution >= 4 is 22.8 Å². The van der Waals surface area contributed by atoms with Crippen LogP contribution in [0, 0.1) is 6.92 Å². The fourth-order valence-corrected chi connectivity index (χ4v) is 2.04. The van der Waals surface area contributed by atoms with E-state index in [0.717, 1.165) is 16.5 Å². The van der Waals surface area contributed by atoms with Gasteiger partial charge in [-0.2, -0.15) is 9.97 Å². The average Bonchev–Trinajstić information content (AvgIpc) is 2.74. The van der Waals surface area contributed by atoms with E-state index in [1.165, 1.54) is 5.56 Å². The molecule has 0 spiro atoms. The Balaban J connectivity index is 2.27. The molecule has 1 aromatic carbocycles. The summed E-state index contributed by atoms with van der Waals surface area (Å²) < 4.78 is 0. The normalized spacial score (nSPS) is 10.9. The van der Waals surface area contributed by atoms with Crippen molar-refractivity contribution in [3.8, 4) is 11.1 Å². The van der Waals surface area contributed by atoms with E-state index < -0.39 is 0 Å². The first-order valence-electron chi connectivity index (χ1n) is 5.62. The van der Waals surface area contributed by atoms with Gasteiger partial charge in [0.05, 0.1) is 5.39 Å². The lowest BCUT2D eigenvalue weighted by Gasteiger charge is -2.02. The topological polar surface area (TPSA) is 93.6 Å². The van der Waals surface area contributed by atoms with Gasteiger partial charge in [0.1, 0.15) is 11.5 Å². The van der Waals surface area contributed by atoms with Gasteiger partial charge in [-0.1, -0.05) is 29.8 Å². The van der Waals surface area contributed by atoms with Crippen LogP contribution in [0.4, 0.5) is 11.8 Å². The van der Waals surface area contributed by atoms with E-state index in [1.54, 1.807) is 0 Å². The minimum Gasteiger partial charge on any atom is -0.383 e. The SMILES string of the molecule is Cc1ccc(-c2c[nH]c3nc(N)nc(N)c23)cc1. The van der Waals surface area contributed by atoms with E-state index in [4.69, 9.17) is 11.5 Å². The lowest BCUT2D eigenvalue weighted by Crippen LogP contribution is -1.99. The number of aryl methyl sites for hydroxylation is 1. The predicted molar refractivity (Wildman–Crippen MR) is 72.9 cm³/mol. The Morgan fingerprint density at radius 1 is 1.06 bits per heavy atom. The molecule has 5 heteroatoms. The number of nitrogens with two attached hydrogens (primary N) is 2. The second-order valence-corrected chi connectivity index (χ2v) is 4.26. The highest BCUT2D eigenvalue weighted by molar-refractivity contribution is 6.00. The van der Waals surface area contributed by atoms with E-state index in [9.17, 15) is 0 Å². The zero-order chi connectivity index (χ0) is 12.7. The molecule has 0 saturated carbocycles. The zero-order valence-electron chi connectivity index (χ0n) is 9.94. The first-order chi connectivity index (χ1) is 8.65. The van der Waals surface area contributed by atoms with Crippen molar-refractivity contribution in [1.29, 1.82) is 0 Å². The van der Waals surface area contributed by atoms with Gasteiger partial charge in [0.15, 0.2) is 0 Å². The summed E-state index contributed by atoms with van der Waals surface area (Å²) in [4.78, 5) is 11.2. The molecule has 0 aliphatic heterocycles. The maximum absolute atomic E-state index is 5.92. The monoisotopic (exact) mass is 239 g/mol. The molecule has 0 saturated heterocycles. The lowest BCUT2D eigenvalue weighted by molar-refractivity contribution is 1.22. The van der Waals surface area contributed by atoms with Gasteiger partial charge >= 0.3 is 0 Å². The highest BCUT2D eigenvalue weighted by atomic mass is 15.1. The third-order valence-electron chi connectivity index (χ3n) is 2.94. The number of anilines is 2. The molecule has 3 rings (SSSR count). The van der Waals surface area contributed by atoms with Crippen molar-refractivity contribution in [2.45, 2.75) is 6.92 Å². The molecule has 0 radical (unpaired) electrons. The largest absolute Gasteiger partial charge is 0.383 e. The maximum atomic E-state index is 5.92. The standard InChI is InChI=1S/C13H13N5/c1-7-2-4-8(5-3-7)9-6-16-12-10(9)11(14)17-13(15)18-12/h2-6H,1H3,(H5,14,15,16,17,18). The molecular weight excluding hydrogens is 226 g/mol. The van der Waals surface area contributed by atoms with Crippen molar-refractivity contribution in [2.75, 3.05) is 11.5 Å². The molecule has 0 amide bonds. The van der Waals surface area contributed by atoms with Crippen LogP contribution in [-0.2, 0) is 0 Å². The Morgan fingerprint density at radius 3 is 2.50 bits per heavy atom. The summed E-state index contributed by atoms with van der Waals surface area (Å²) in [6.45, 7) is 2.05. The molecule has 5 nitrogen and oxygen atoms in total. The van der Waals surface area contributed by atoms with Crippen molar-refractivity contribution in [3.05, 3.63) is 36.0 Å². The number of H-pyrrole nitrogens is 1. The van der Waals surface area contributed by atoms with Crippen LogP contribution in [0.25, 0.3) is 22.2 Å². The molecule has 18 heavy (non-hydrogen) atoms. The van der Waals surface area contributed by atoms with Crippen LogP contribution in [-0.4, -0.2) is 15.0 Å². The Morgan fingerprint density at radius 2 is 1.78 bits per heavy atom. The van der Waals surface area contributed by atoms with E-state index in [1.807, 2.05) is 18.3 Å². The van der Waals surface area contributed by atoms with Crippen LogP contribution in [0.5, 0.6) is 0 Å². The fraction of sp³-hybridized carbons (Fsp3) is 0.0769. The van der Waals surface area contributed by atoms with E-state index in [0.29, 0.717) is 11.5 Å². The maximum Gasteiger partial charge on any atom is 0.223 e. The zero-order valence-corrected chi connectivity index (χ0v) is 9.94. The second-order valence-electron chi connectivity index (χ2n) is 4.26. The number of rotatable bonds is 1. The van der Waals surface area contributed by atoms with Crippen LogP contribution in [0.2, 0.25) is 0 Å². The number of hydrogen-bond donors (Lipinski definition) is 3. The summed E-state index contributed by atoms with van der Waals surface area (Å²) in [5, 5.41) is 0.813. The average molecular weight is 239 g/mol. The van der Waals surface area contributed by atoms with Gasteiger partial charge in [-0.05, 0) is 12.5 Å². The number of nitrogens with zero attached hydrogens (tertiary/aromatic N) is 2. The van der Waals surface area contributed by atoms with Crippen LogP contribution >= 0.6 is 0 Å². The minimum atomic E-state index is 0.178. The van der Waals surface area contributed by atoms with Crippen LogP contribution in [0.3, 0.4) is 0 Å². The van der Waals surface area contributed by atoms with Crippen molar-refractivity contribution in [3.63, 3.8) is 0 Å². The Labute approximate surface area is 104 Å². The number of fused-ring (bicyclic) bond motifs is 1. The number of hydrogen-bond acceptors (Lipinski definition) is 4. The van der Waals surface area contributed by atoms with Crippen molar-refractivity contribution in [2.24, 2.45) is 0 Å². The van der Waals surface area contributed by atoms with Crippen molar-refractivity contribution in [1.82, 2.24) is 15.0 Å². The molecule has 0 aliphatic carbocycles. The van der Waals surface area contributed by atoms with Gasteiger partial charge in [-0.15, -0.1) is 0 Å². The number of aromatic nitrogens is 3. The minimum absolute atomic E-state index is 0.178. The molecule has 0 unspecified atom stereocenters. The van der Waals surface area contributed by atoms with E-state index >= 15 is 0 Å². The van der Waals surface area contributed by atoms with Crippen LogP contribution in [0.1, 0.15) is 5.56 Å². The highest BCUT2D eigenvalue weighted by Gasteiger charge is 2.11. The molecule has 5 N–H and O–H groups in total. The van der Waals surface area contributed by atoms with Crippen molar-refractivity contribution < 1.29 is 0 Å². The van der Waals surface area contributed by atoms with Gasteiger partial charge in [-0.3, -0.25) is 0 Å². The summed E-state index contributed by atoms with van der Waals surface area (Å²) in [7, 11) is 0. The summed E-state index contributed by atoms with van der Waals surface area (Å²) in [5.41, 5.74) is 15.4. The van der Waals surface area contributed by atoms with Crippen LogP contribution in [0.15, 0.2) is 30.5 Å². The Kier molecular flexibility index (Phi) is 2.19. The summed E-state index contributed by atoms with van der Waals surface area (Å²) in [6, 6.07) is 8.21. The fourth-order valence-electron chi connectivity index (χ4n) is 2.04. The smallest absolute Gasteiger partial charge is 0.223 e. The number of nitrogens with one attached hydrogen (secondary N) is 1. The molecule has 2 heterocycles. The first kappa shape index (κ1) is 10.6. The van der Waals surface area contributed by atoms with Crippen LogP contribution < -0.4 is 11.5 Å². The molecule has 90 valence electrons.